The maximum Gasteiger partial charge on any atom is 0.335 e. The number of allylic oxidation sites excluding steroid dienone is 1. The number of para-hydroxylation sites is 1. The van der Waals surface area contributed by atoms with Crippen molar-refractivity contribution in [2.45, 2.75) is 58.3 Å². The summed E-state index contributed by atoms with van der Waals surface area (Å²) in [5, 5.41) is 18.5. The fourth-order valence-electron chi connectivity index (χ4n) is 4.71. The van der Waals surface area contributed by atoms with Gasteiger partial charge in [0, 0.05) is 5.57 Å². The molecule has 5 heteroatoms. The predicted octanol–water partition coefficient (Wildman–Crippen LogP) is 8.09. The molecule has 1 unspecified atom stereocenters. The lowest BCUT2D eigenvalue weighted by atomic mass is 9.86. The second-order valence-electron chi connectivity index (χ2n) is 9.85. The minimum Gasteiger partial charge on any atom is -0.493 e. The SMILES string of the molecule is C=C=C(CCC(CCc1ccccc1OCCCCC)Cc1ccc(C(=O)O)cc1)c1ccc(C(=O)O)cc1. The molecule has 0 amide bonds. The van der Waals surface area contributed by atoms with E-state index in [0.29, 0.717) is 5.92 Å². The van der Waals surface area contributed by atoms with E-state index in [1.165, 1.54) is 5.56 Å². The molecule has 2 N–H and O–H groups in total. The van der Waals surface area contributed by atoms with Gasteiger partial charge in [-0.3, -0.25) is 0 Å². The van der Waals surface area contributed by atoms with Gasteiger partial charge in [-0.15, -0.1) is 5.73 Å². The summed E-state index contributed by atoms with van der Waals surface area (Å²) >= 11 is 0. The van der Waals surface area contributed by atoms with Crippen molar-refractivity contribution in [1.29, 1.82) is 0 Å². The third kappa shape index (κ3) is 9.31. The van der Waals surface area contributed by atoms with Gasteiger partial charge in [-0.25, -0.2) is 9.59 Å². The van der Waals surface area contributed by atoms with Gasteiger partial charge in [0.2, 0.25) is 0 Å². The zero-order chi connectivity index (χ0) is 28.0. The summed E-state index contributed by atoms with van der Waals surface area (Å²) in [4.78, 5) is 22.5. The third-order valence-electron chi connectivity index (χ3n) is 7.02. The Labute approximate surface area is 231 Å². The molecular weight excluding hydrogens is 488 g/mol. The highest BCUT2D eigenvalue weighted by molar-refractivity contribution is 5.88. The van der Waals surface area contributed by atoms with Crippen LogP contribution in [0.2, 0.25) is 0 Å². The second kappa shape index (κ2) is 15.4. The van der Waals surface area contributed by atoms with Gasteiger partial charge in [0.1, 0.15) is 5.75 Å². The zero-order valence-corrected chi connectivity index (χ0v) is 22.7. The topological polar surface area (TPSA) is 83.8 Å². The Kier molecular flexibility index (Phi) is 11.6. The summed E-state index contributed by atoms with van der Waals surface area (Å²) in [7, 11) is 0. The predicted molar refractivity (Wildman–Crippen MR) is 156 cm³/mol. The average Bonchev–Trinajstić information content (AvgIpc) is 2.95. The molecule has 0 fully saturated rings. The Balaban J connectivity index is 1.73. The van der Waals surface area contributed by atoms with Gasteiger partial charge in [0.25, 0.3) is 0 Å². The van der Waals surface area contributed by atoms with Crippen LogP contribution in [-0.4, -0.2) is 28.8 Å². The monoisotopic (exact) mass is 526 g/mol. The Morgan fingerprint density at radius 1 is 0.846 bits per heavy atom. The van der Waals surface area contributed by atoms with E-state index >= 15 is 0 Å². The van der Waals surface area contributed by atoms with Crippen LogP contribution in [0.5, 0.6) is 5.75 Å². The summed E-state index contributed by atoms with van der Waals surface area (Å²) in [6, 6.07) is 22.2. The Hall–Kier alpha value is -4.08. The molecule has 0 aromatic heterocycles. The van der Waals surface area contributed by atoms with Crippen LogP contribution in [0, 0.1) is 5.92 Å². The molecule has 0 radical (unpaired) electrons. The molecule has 0 heterocycles. The van der Waals surface area contributed by atoms with E-state index in [2.05, 4.69) is 25.3 Å². The van der Waals surface area contributed by atoms with Gasteiger partial charge >= 0.3 is 11.9 Å². The lowest BCUT2D eigenvalue weighted by molar-refractivity contribution is 0.0686. The number of ether oxygens (including phenoxy) is 1. The second-order valence-corrected chi connectivity index (χ2v) is 9.85. The zero-order valence-electron chi connectivity index (χ0n) is 22.7. The molecule has 0 aliphatic rings. The van der Waals surface area contributed by atoms with Crippen molar-refractivity contribution in [2.24, 2.45) is 5.92 Å². The average molecular weight is 527 g/mol. The maximum atomic E-state index is 11.3. The normalized spacial score (nSPS) is 11.4. The highest BCUT2D eigenvalue weighted by Gasteiger charge is 2.15. The summed E-state index contributed by atoms with van der Waals surface area (Å²) in [5.41, 5.74) is 7.77. The highest BCUT2D eigenvalue weighted by atomic mass is 16.5. The summed E-state index contributed by atoms with van der Waals surface area (Å²) in [6.07, 6.45) is 7.64. The van der Waals surface area contributed by atoms with E-state index in [1.807, 2.05) is 42.5 Å². The molecule has 1 atom stereocenters. The molecule has 0 aliphatic heterocycles. The molecule has 3 aromatic rings. The van der Waals surface area contributed by atoms with Gasteiger partial charge in [-0.2, -0.15) is 0 Å². The first kappa shape index (κ1) is 29.5. The van der Waals surface area contributed by atoms with Crippen LogP contribution < -0.4 is 4.74 Å². The minimum absolute atomic E-state index is 0.250. The van der Waals surface area contributed by atoms with Gasteiger partial charge in [0.05, 0.1) is 17.7 Å². The first-order valence-electron chi connectivity index (χ1n) is 13.7. The number of rotatable bonds is 16. The molecule has 0 spiro atoms. The number of hydrogen-bond donors (Lipinski definition) is 2. The van der Waals surface area contributed by atoms with Gasteiger partial charge in [-0.05, 0) is 91.5 Å². The molecular formula is C34H38O5. The van der Waals surface area contributed by atoms with Crippen LogP contribution in [-0.2, 0) is 12.8 Å². The van der Waals surface area contributed by atoms with Crippen LogP contribution in [0.25, 0.3) is 5.57 Å². The number of benzene rings is 3. The van der Waals surface area contributed by atoms with Crippen molar-refractivity contribution >= 4 is 17.5 Å². The lowest BCUT2D eigenvalue weighted by Gasteiger charge is -2.19. The van der Waals surface area contributed by atoms with Crippen molar-refractivity contribution < 1.29 is 24.5 Å². The standard InChI is InChI=1S/C34H38O5/c1-3-5-8-23-39-32-10-7-6-9-29(32)16-12-25(24-26-13-17-30(18-14-26)33(35)36)11-15-27(4-2)28-19-21-31(22-20-28)34(37)38/h6-7,9-10,13-14,17-22,25H,2-3,5,8,11-12,15-16,23-24H2,1H3,(H,35,36)(H,37,38). The largest absolute Gasteiger partial charge is 0.493 e. The Bertz CT molecular complexity index is 1270. The van der Waals surface area contributed by atoms with Crippen LogP contribution in [0.4, 0.5) is 0 Å². The fourth-order valence-corrected chi connectivity index (χ4v) is 4.71. The quantitative estimate of drug-likeness (QED) is 0.146. The molecule has 3 rings (SSSR count). The highest BCUT2D eigenvalue weighted by Crippen LogP contribution is 2.29. The van der Waals surface area contributed by atoms with Crippen molar-refractivity contribution in [3.05, 3.63) is 113 Å². The van der Waals surface area contributed by atoms with E-state index in [0.717, 1.165) is 80.4 Å². The number of unbranched alkanes of at least 4 members (excludes halogenated alkanes) is 2. The summed E-state index contributed by atoms with van der Waals surface area (Å²) in [6.45, 7) is 6.78. The Morgan fingerprint density at radius 2 is 1.46 bits per heavy atom. The maximum absolute atomic E-state index is 11.3. The van der Waals surface area contributed by atoms with E-state index in [9.17, 15) is 19.8 Å². The number of carboxylic acid groups (broad SMARTS) is 2. The lowest BCUT2D eigenvalue weighted by Crippen LogP contribution is -2.09. The first-order valence-corrected chi connectivity index (χ1v) is 13.7. The smallest absolute Gasteiger partial charge is 0.335 e. The van der Waals surface area contributed by atoms with E-state index in [1.54, 1.807) is 24.3 Å². The summed E-state index contributed by atoms with van der Waals surface area (Å²) in [5.74, 6) is -0.601. The van der Waals surface area contributed by atoms with E-state index in [-0.39, 0.29) is 11.1 Å². The van der Waals surface area contributed by atoms with Crippen molar-refractivity contribution in [3.8, 4) is 5.75 Å². The van der Waals surface area contributed by atoms with Gasteiger partial charge in [0.15, 0.2) is 0 Å². The fraction of sp³-hybridized carbons (Fsp3) is 0.324. The van der Waals surface area contributed by atoms with Crippen molar-refractivity contribution in [2.75, 3.05) is 6.61 Å². The molecule has 5 nitrogen and oxygen atoms in total. The third-order valence-corrected chi connectivity index (χ3v) is 7.02. The van der Waals surface area contributed by atoms with E-state index < -0.39 is 11.9 Å². The van der Waals surface area contributed by atoms with E-state index in [4.69, 9.17) is 4.74 Å². The minimum atomic E-state index is -0.950. The van der Waals surface area contributed by atoms with Crippen LogP contribution in [0.3, 0.4) is 0 Å². The molecule has 204 valence electrons. The number of hydrogen-bond acceptors (Lipinski definition) is 3. The van der Waals surface area contributed by atoms with Crippen molar-refractivity contribution in [3.63, 3.8) is 0 Å². The van der Waals surface area contributed by atoms with Gasteiger partial charge < -0.3 is 14.9 Å². The number of carboxylic acids is 2. The number of aryl methyl sites for hydroxylation is 1. The Morgan fingerprint density at radius 3 is 2.08 bits per heavy atom. The molecule has 0 saturated heterocycles. The van der Waals surface area contributed by atoms with Crippen molar-refractivity contribution in [1.82, 2.24) is 0 Å². The molecule has 39 heavy (non-hydrogen) atoms. The molecule has 0 saturated carbocycles. The molecule has 0 aliphatic carbocycles. The van der Waals surface area contributed by atoms with Crippen LogP contribution in [0.1, 0.15) is 82.9 Å². The van der Waals surface area contributed by atoms with Crippen LogP contribution in [0.15, 0.2) is 85.1 Å². The number of aromatic carboxylic acids is 2. The number of carbonyl (C=O) groups is 2. The van der Waals surface area contributed by atoms with Crippen LogP contribution >= 0.6 is 0 Å². The molecule has 0 bridgehead atoms. The summed E-state index contributed by atoms with van der Waals surface area (Å²) < 4.78 is 6.11. The molecule has 3 aromatic carbocycles. The van der Waals surface area contributed by atoms with Gasteiger partial charge in [-0.1, -0.05) is 68.8 Å². The first-order chi connectivity index (χ1) is 18.9.